The van der Waals surface area contributed by atoms with Crippen LogP contribution in [0.15, 0.2) is 55.2 Å². The van der Waals surface area contributed by atoms with Crippen molar-refractivity contribution < 1.29 is 9.53 Å². The number of aromatic nitrogens is 6. The van der Waals surface area contributed by atoms with E-state index in [0.29, 0.717) is 23.7 Å². The van der Waals surface area contributed by atoms with Gasteiger partial charge in [0.15, 0.2) is 0 Å². The number of likely N-dealkylation sites (tertiary alicyclic amines) is 1. The van der Waals surface area contributed by atoms with E-state index in [0.717, 1.165) is 24.2 Å². The number of hydrogen-bond donors (Lipinski definition) is 0. The Kier molecular flexibility index (Phi) is 4.85. The van der Waals surface area contributed by atoms with E-state index in [9.17, 15) is 4.79 Å². The number of piperidine rings is 1. The second-order valence-electron chi connectivity index (χ2n) is 7.75. The maximum Gasteiger partial charge on any atom is 0.256 e. The van der Waals surface area contributed by atoms with Crippen LogP contribution in [0.4, 0.5) is 0 Å². The van der Waals surface area contributed by atoms with Crippen molar-refractivity contribution in [2.45, 2.75) is 38.8 Å². The number of benzene rings is 1. The summed E-state index contributed by atoms with van der Waals surface area (Å²) in [5.41, 5.74) is 2.05. The van der Waals surface area contributed by atoms with Gasteiger partial charge in [0.05, 0.1) is 36.4 Å². The maximum atomic E-state index is 13.5. The van der Waals surface area contributed by atoms with E-state index in [4.69, 9.17) is 4.74 Å². The van der Waals surface area contributed by atoms with Crippen LogP contribution in [-0.4, -0.2) is 58.9 Å². The fourth-order valence-electron chi connectivity index (χ4n) is 4.06. The molecule has 1 fully saturated rings. The molecule has 9 heteroatoms. The van der Waals surface area contributed by atoms with E-state index in [-0.39, 0.29) is 18.1 Å². The van der Waals surface area contributed by atoms with Crippen LogP contribution in [0, 0.1) is 6.92 Å². The summed E-state index contributed by atoms with van der Waals surface area (Å²) in [7, 11) is 0. The summed E-state index contributed by atoms with van der Waals surface area (Å²) >= 11 is 0. The lowest BCUT2D eigenvalue weighted by molar-refractivity contribution is 0.0376. The number of para-hydroxylation sites is 1. The summed E-state index contributed by atoms with van der Waals surface area (Å²) in [4.78, 5) is 25.6. The number of fused-ring (bicyclic) bond motifs is 1. The highest BCUT2D eigenvalue weighted by molar-refractivity contribution is 5.98. The Labute approximate surface area is 179 Å². The van der Waals surface area contributed by atoms with Gasteiger partial charge in [-0.3, -0.25) is 9.20 Å². The van der Waals surface area contributed by atoms with Crippen molar-refractivity contribution in [2.75, 3.05) is 6.54 Å². The van der Waals surface area contributed by atoms with Gasteiger partial charge in [-0.1, -0.05) is 12.1 Å². The lowest BCUT2D eigenvalue weighted by atomic mass is 9.99. The van der Waals surface area contributed by atoms with Crippen molar-refractivity contribution in [1.29, 1.82) is 0 Å². The van der Waals surface area contributed by atoms with Gasteiger partial charge < -0.3 is 9.64 Å². The van der Waals surface area contributed by atoms with E-state index in [1.807, 2.05) is 46.7 Å². The Balaban J connectivity index is 1.40. The van der Waals surface area contributed by atoms with Crippen LogP contribution in [0.5, 0.6) is 5.88 Å². The van der Waals surface area contributed by atoms with Gasteiger partial charge in [-0.2, -0.15) is 15.0 Å². The first-order valence-electron chi connectivity index (χ1n) is 10.3. The fraction of sp³-hybridized carbons (Fsp3) is 0.318. The summed E-state index contributed by atoms with van der Waals surface area (Å²) in [5.74, 6) is 1.36. The second kappa shape index (κ2) is 7.82. The summed E-state index contributed by atoms with van der Waals surface area (Å²) in [6.07, 6.45) is 10.1. The van der Waals surface area contributed by atoms with Crippen molar-refractivity contribution in [3.63, 3.8) is 0 Å². The molecule has 31 heavy (non-hydrogen) atoms. The third-order valence-electron chi connectivity index (χ3n) is 5.76. The van der Waals surface area contributed by atoms with Gasteiger partial charge in [0.1, 0.15) is 17.4 Å². The molecule has 3 aromatic heterocycles. The van der Waals surface area contributed by atoms with E-state index in [2.05, 4.69) is 27.1 Å². The molecule has 1 saturated heterocycles. The van der Waals surface area contributed by atoms with Gasteiger partial charge in [-0.25, -0.2) is 9.97 Å². The van der Waals surface area contributed by atoms with Crippen LogP contribution in [0.1, 0.15) is 35.9 Å². The Morgan fingerprint density at radius 3 is 2.74 bits per heavy atom. The average molecular weight is 417 g/mol. The molecule has 1 amide bonds. The highest BCUT2D eigenvalue weighted by Crippen LogP contribution is 2.26. The molecule has 158 valence electrons. The zero-order chi connectivity index (χ0) is 21.4. The van der Waals surface area contributed by atoms with Crippen LogP contribution in [0.25, 0.3) is 11.2 Å². The van der Waals surface area contributed by atoms with Gasteiger partial charge in [-0.15, -0.1) is 0 Å². The number of nitrogens with zero attached hydrogens (tertiary/aromatic N) is 7. The number of carbonyl (C=O) groups is 1. The Morgan fingerprint density at radius 2 is 1.90 bits per heavy atom. The molecule has 2 atom stereocenters. The number of hydrogen-bond acceptors (Lipinski definition) is 6. The predicted molar refractivity (Wildman–Crippen MR) is 113 cm³/mol. The summed E-state index contributed by atoms with van der Waals surface area (Å²) < 4.78 is 8.20. The lowest BCUT2D eigenvalue weighted by Crippen LogP contribution is -2.49. The highest BCUT2D eigenvalue weighted by atomic mass is 16.5. The predicted octanol–water partition coefficient (Wildman–Crippen LogP) is 2.69. The van der Waals surface area contributed by atoms with Crippen LogP contribution in [0.2, 0.25) is 0 Å². The molecule has 0 saturated carbocycles. The molecule has 1 aromatic carbocycles. The van der Waals surface area contributed by atoms with Gasteiger partial charge in [0.25, 0.3) is 5.91 Å². The number of rotatable bonds is 4. The Hall–Kier alpha value is -3.75. The minimum atomic E-state index is -0.149. The van der Waals surface area contributed by atoms with Crippen LogP contribution < -0.4 is 4.74 Å². The van der Waals surface area contributed by atoms with Gasteiger partial charge >= 0.3 is 0 Å². The van der Waals surface area contributed by atoms with E-state index < -0.39 is 0 Å². The molecular formula is C22H23N7O2. The Morgan fingerprint density at radius 1 is 1.10 bits per heavy atom. The zero-order valence-electron chi connectivity index (χ0n) is 17.4. The first kappa shape index (κ1) is 19.2. The third kappa shape index (κ3) is 3.52. The number of aryl methyl sites for hydroxylation is 1. The maximum absolute atomic E-state index is 13.5. The minimum Gasteiger partial charge on any atom is -0.471 e. The number of carbonyl (C=O) groups excluding carboxylic acids is 1. The molecule has 0 N–H and O–H groups in total. The molecule has 1 aliphatic rings. The second-order valence-corrected chi connectivity index (χ2v) is 7.75. The largest absolute Gasteiger partial charge is 0.471 e. The molecule has 0 radical (unpaired) electrons. The number of ether oxygens (including phenoxy) is 1. The van der Waals surface area contributed by atoms with Gasteiger partial charge in [-0.05, 0) is 38.8 Å². The molecule has 5 rings (SSSR count). The smallest absolute Gasteiger partial charge is 0.256 e. The summed E-state index contributed by atoms with van der Waals surface area (Å²) in [6, 6.07) is 7.50. The van der Waals surface area contributed by atoms with Gasteiger partial charge in [0.2, 0.25) is 5.88 Å². The molecule has 4 heterocycles. The zero-order valence-corrected chi connectivity index (χ0v) is 17.4. The molecule has 0 spiro atoms. The Bertz CT molecular complexity index is 1220. The molecule has 1 aliphatic heterocycles. The monoisotopic (exact) mass is 417 g/mol. The highest BCUT2D eigenvalue weighted by Gasteiger charge is 2.32. The molecule has 0 bridgehead atoms. The lowest BCUT2D eigenvalue weighted by Gasteiger charge is -2.38. The van der Waals surface area contributed by atoms with Crippen LogP contribution >= 0.6 is 0 Å². The van der Waals surface area contributed by atoms with E-state index >= 15 is 0 Å². The van der Waals surface area contributed by atoms with Crippen molar-refractivity contribution in [1.82, 2.24) is 34.3 Å². The summed E-state index contributed by atoms with van der Waals surface area (Å²) in [5, 5.41) is 8.38. The SMILES string of the molecule is Cc1ncc2c(O[C@@H]3CC[C@@H](C)N(C(=O)c4ccccc4-n4nccn4)C3)nccn12. The molecule has 4 aromatic rings. The first-order chi connectivity index (χ1) is 15.1. The quantitative estimate of drug-likeness (QED) is 0.507. The summed E-state index contributed by atoms with van der Waals surface area (Å²) in [6.45, 7) is 4.49. The first-order valence-corrected chi connectivity index (χ1v) is 10.3. The number of imidazole rings is 1. The molecule has 0 unspecified atom stereocenters. The van der Waals surface area contributed by atoms with E-state index in [1.54, 1.807) is 24.8 Å². The standard InChI is InChI=1S/C22H23N7O2/c1-15-7-8-17(31-21-20-13-24-16(2)27(20)12-11-23-21)14-28(15)22(30)18-5-3-4-6-19(18)29-25-9-10-26-29/h3-6,9-13,15,17H,7-8,14H2,1-2H3/t15-,17-/m1/s1. The minimum absolute atomic E-state index is 0.0555. The van der Waals surface area contributed by atoms with Crippen molar-refractivity contribution >= 4 is 11.4 Å². The molecule has 9 nitrogen and oxygen atoms in total. The van der Waals surface area contributed by atoms with Crippen molar-refractivity contribution in [3.05, 3.63) is 66.6 Å². The fourth-order valence-corrected chi connectivity index (χ4v) is 4.06. The van der Waals surface area contributed by atoms with Crippen molar-refractivity contribution in [3.8, 4) is 11.6 Å². The normalized spacial score (nSPS) is 19.0. The number of amides is 1. The van der Waals surface area contributed by atoms with Crippen LogP contribution in [-0.2, 0) is 0 Å². The topological polar surface area (TPSA) is 90.4 Å². The van der Waals surface area contributed by atoms with E-state index in [1.165, 1.54) is 4.80 Å². The third-order valence-corrected chi connectivity index (χ3v) is 5.76. The molecular weight excluding hydrogens is 394 g/mol. The van der Waals surface area contributed by atoms with Crippen LogP contribution in [0.3, 0.4) is 0 Å². The molecule has 0 aliphatic carbocycles. The average Bonchev–Trinajstić information content (AvgIpc) is 3.46. The van der Waals surface area contributed by atoms with Gasteiger partial charge in [0, 0.05) is 18.4 Å². The van der Waals surface area contributed by atoms with Crippen molar-refractivity contribution in [2.24, 2.45) is 0 Å².